The zero-order chi connectivity index (χ0) is 19.7. The fourth-order valence-corrected chi connectivity index (χ4v) is 3.43. The normalized spacial score (nSPS) is 21.9. The predicted molar refractivity (Wildman–Crippen MR) is 110 cm³/mol. The molecular weight excluding hydrogens is 360 g/mol. The number of pyridine rings is 1. The van der Waals surface area contributed by atoms with Crippen LogP contribution in [-0.2, 0) is 5.54 Å². The summed E-state index contributed by atoms with van der Waals surface area (Å²) in [7, 11) is 0. The van der Waals surface area contributed by atoms with Gasteiger partial charge in [-0.2, -0.15) is 0 Å². The van der Waals surface area contributed by atoms with Crippen molar-refractivity contribution < 1.29 is 4.79 Å². The van der Waals surface area contributed by atoms with Crippen LogP contribution >= 0.6 is 11.6 Å². The molecule has 0 unspecified atom stereocenters. The maximum absolute atomic E-state index is 12.4. The molecule has 0 fully saturated rings. The van der Waals surface area contributed by atoms with Crippen LogP contribution < -0.4 is 11.1 Å². The highest BCUT2D eigenvalue weighted by Gasteiger charge is 2.34. The van der Waals surface area contributed by atoms with E-state index < -0.39 is 5.54 Å². The molecule has 1 amide bonds. The fourth-order valence-electron chi connectivity index (χ4n) is 3.32. The van der Waals surface area contributed by atoms with Gasteiger partial charge < -0.3 is 11.1 Å². The number of nitrogens with two attached hydrogens (primary N) is 1. The largest absolute Gasteiger partial charge is 0.387 e. The van der Waals surface area contributed by atoms with Gasteiger partial charge in [-0.05, 0) is 56.0 Å². The average Bonchev–Trinajstić information content (AvgIpc) is 2.72. The Kier molecular flexibility index (Phi) is 5.24. The molecule has 1 aliphatic heterocycles. The minimum absolute atomic E-state index is 0.0934. The van der Waals surface area contributed by atoms with Gasteiger partial charge in [-0.3, -0.25) is 9.79 Å². The smallest absolute Gasteiger partial charge is 0.274 e. The predicted octanol–water partition coefficient (Wildman–Crippen LogP) is 4.77. The first-order valence-corrected chi connectivity index (χ1v) is 9.47. The van der Waals surface area contributed by atoms with Crippen molar-refractivity contribution in [3.63, 3.8) is 0 Å². The molecule has 0 saturated carbocycles. The minimum Gasteiger partial charge on any atom is -0.387 e. The van der Waals surface area contributed by atoms with Gasteiger partial charge in [0.15, 0.2) is 0 Å². The molecule has 0 aliphatic carbocycles. The molecule has 0 saturated heterocycles. The number of carbonyl (C=O) groups is 1. The Morgan fingerprint density at radius 3 is 2.67 bits per heavy atom. The summed E-state index contributed by atoms with van der Waals surface area (Å²) in [6.45, 7) is 6.36. The van der Waals surface area contributed by atoms with Gasteiger partial charge in [0.1, 0.15) is 11.5 Å². The molecule has 1 atom stereocenters. The van der Waals surface area contributed by atoms with Crippen molar-refractivity contribution in [1.82, 2.24) is 4.98 Å². The minimum atomic E-state index is -0.406. The molecule has 5 nitrogen and oxygen atoms in total. The number of nitrogens with one attached hydrogen (secondary N) is 1. The summed E-state index contributed by atoms with van der Waals surface area (Å²) in [5.41, 5.74) is 7.84. The van der Waals surface area contributed by atoms with Crippen LogP contribution in [0.5, 0.6) is 0 Å². The number of rotatable bonds is 3. The van der Waals surface area contributed by atoms with Gasteiger partial charge >= 0.3 is 0 Å². The van der Waals surface area contributed by atoms with Gasteiger partial charge in [0.25, 0.3) is 5.91 Å². The molecule has 6 heteroatoms. The van der Waals surface area contributed by atoms with Crippen LogP contribution in [0.15, 0.2) is 47.6 Å². The molecule has 142 valence electrons. The molecule has 1 aromatic carbocycles. The van der Waals surface area contributed by atoms with Gasteiger partial charge in [-0.25, -0.2) is 4.98 Å². The molecule has 27 heavy (non-hydrogen) atoms. The molecule has 1 aliphatic rings. The van der Waals surface area contributed by atoms with E-state index in [0.29, 0.717) is 22.2 Å². The summed E-state index contributed by atoms with van der Waals surface area (Å²) in [4.78, 5) is 21.4. The molecule has 2 heterocycles. The van der Waals surface area contributed by atoms with Crippen LogP contribution in [0.25, 0.3) is 0 Å². The van der Waals surface area contributed by atoms with E-state index in [1.54, 1.807) is 12.1 Å². The van der Waals surface area contributed by atoms with Gasteiger partial charge in [0.05, 0.1) is 10.6 Å². The van der Waals surface area contributed by atoms with E-state index in [1.807, 2.05) is 24.3 Å². The molecule has 0 radical (unpaired) electrons. The van der Waals surface area contributed by atoms with Crippen molar-refractivity contribution in [2.24, 2.45) is 16.1 Å². The van der Waals surface area contributed by atoms with Crippen LogP contribution in [0.3, 0.4) is 0 Å². The number of aliphatic imine (C=N–C) groups is 1. The number of anilines is 1. The Labute approximate surface area is 165 Å². The van der Waals surface area contributed by atoms with Crippen molar-refractivity contribution in [3.8, 4) is 0 Å². The highest BCUT2D eigenvalue weighted by Crippen LogP contribution is 2.39. The monoisotopic (exact) mass is 384 g/mol. The highest BCUT2D eigenvalue weighted by molar-refractivity contribution is 6.30. The van der Waals surface area contributed by atoms with Crippen molar-refractivity contribution >= 4 is 29.0 Å². The van der Waals surface area contributed by atoms with E-state index in [4.69, 9.17) is 22.3 Å². The van der Waals surface area contributed by atoms with Crippen molar-refractivity contribution in [1.29, 1.82) is 0 Å². The zero-order valence-electron chi connectivity index (χ0n) is 15.9. The summed E-state index contributed by atoms with van der Waals surface area (Å²) in [5.74, 6) is 0.404. The van der Waals surface area contributed by atoms with Crippen LogP contribution in [0.2, 0.25) is 5.02 Å². The first-order chi connectivity index (χ1) is 12.7. The third-order valence-electron chi connectivity index (χ3n) is 5.23. The Morgan fingerprint density at radius 2 is 1.96 bits per heavy atom. The SMILES string of the molecule is CC1(C)CCC[C@@](C)(c2cccc(NC(=O)c3ccc(Cl)cn3)c2)N=C1N. The zero-order valence-corrected chi connectivity index (χ0v) is 16.7. The molecule has 0 bridgehead atoms. The maximum Gasteiger partial charge on any atom is 0.274 e. The lowest BCUT2D eigenvalue weighted by Crippen LogP contribution is -2.32. The van der Waals surface area contributed by atoms with Crippen molar-refractivity contribution in [2.45, 2.75) is 45.6 Å². The molecule has 3 N–H and O–H groups in total. The van der Waals surface area contributed by atoms with E-state index in [1.165, 1.54) is 6.20 Å². The molecule has 1 aromatic heterocycles. The summed E-state index contributed by atoms with van der Waals surface area (Å²) in [6, 6.07) is 11.0. The Bertz CT molecular complexity index is 876. The standard InChI is InChI=1S/C21H25ClN4O/c1-20(2)10-5-11-21(3,26-19(20)23)14-6-4-7-16(12-14)25-18(27)17-9-8-15(22)13-24-17/h4,6-9,12-13H,5,10-11H2,1-3H3,(H2,23,26)(H,25,27)/t21-/m0/s1. The lowest BCUT2D eigenvalue weighted by Gasteiger charge is -2.26. The number of carbonyl (C=O) groups excluding carboxylic acids is 1. The average molecular weight is 385 g/mol. The van der Waals surface area contributed by atoms with E-state index in [0.717, 1.165) is 24.8 Å². The quantitative estimate of drug-likeness (QED) is 0.799. The number of hydrogen-bond donors (Lipinski definition) is 2. The first-order valence-electron chi connectivity index (χ1n) is 9.09. The second kappa shape index (κ2) is 7.31. The number of amidine groups is 1. The molecular formula is C21H25ClN4O. The third kappa shape index (κ3) is 4.30. The summed E-state index contributed by atoms with van der Waals surface area (Å²) < 4.78 is 0. The lowest BCUT2D eigenvalue weighted by atomic mass is 9.84. The molecule has 2 aromatic rings. The van der Waals surface area contributed by atoms with Crippen molar-refractivity contribution in [3.05, 3.63) is 58.9 Å². The Hall–Kier alpha value is -2.40. The van der Waals surface area contributed by atoms with Gasteiger partial charge in [0.2, 0.25) is 0 Å². The Balaban J connectivity index is 1.86. The van der Waals surface area contributed by atoms with E-state index >= 15 is 0 Å². The number of aromatic nitrogens is 1. The van der Waals surface area contributed by atoms with E-state index in [2.05, 4.69) is 31.1 Å². The Morgan fingerprint density at radius 1 is 1.19 bits per heavy atom. The van der Waals surface area contributed by atoms with Crippen molar-refractivity contribution in [2.75, 3.05) is 5.32 Å². The summed E-state index contributed by atoms with van der Waals surface area (Å²) >= 11 is 5.83. The van der Waals surface area contributed by atoms with Gasteiger partial charge in [0, 0.05) is 17.3 Å². The van der Waals surface area contributed by atoms with Gasteiger partial charge in [-0.1, -0.05) is 37.6 Å². The first kappa shape index (κ1) is 19.4. The summed E-state index contributed by atoms with van der Waals surface area (Å²) in [5, 5.41) is 3.39. The maximum atomic E-state index is 12.4. The second-order valence-electron chi connectivity index (χ2n) is 7.90. The van der Waals surface area contributed by atoms with Crippen LogP contribution in [0.4, 0.5) is 5.69 Å². The number of hydrogen-bond acceptors (Lipinski definition) is 4. The number of benzene rings is 1. The topological polar surface area (TPSA) is 80.4 Å². The molecule has 0 spiro atoms. The van der Waals surface area contributed by atoms with Crippen LogP contribution in [0, 0.1) is 5.41 Å². The number of nitrogens with zero attached hydrogens (tertiary/aromatic N) is 2. The number of halogens is 1. The van der Waals surface area contributed by atoms with Crippen LogP contribution in [0.1, 0.15) is 56.1 Å². The third-order valence-corrected chi connectivity index (χ3v) is 5.45. The van der Waals surface area contributed by atoms with E-state index in [-0.39, 0.29) is 11.3 Å². The van der Waals surface area contributed by atoms with Gasteiger partial charge in [-0.15, -0.1) is 0 Å². The highest BCUT2D eigenvalue weighted by atomic mass is 35.5. The lowest BCUT2D eigenvalue weighted by molar-refractivity contribution is 0.102. The molecule has 3 rings (SSSR count). The second-order valence-corrected chi connectivity index (χ2v) is 8.34. The number of amides is 1. The summed E-state index contributed by atoms with van der Waals surface area (Å²) in [6.07, 6.45) is 4.42. The fraction of sp³-hybridized carbons (Fsp3) is 0.381. The van der Waals surface area contributed by atoms with E-state index in [9.17, 15) is 4.79 Å². The van der Waals surface area contributed by atoms with Crippen LogP contribution in [-0.4, -0.2) is 16.7 Å².